The number of nitrogens with one attached hydrogen (secondary N) is 2. The maximum atomic E-state index is 4.59. The van der Waals surface area contributed by atoms with Crippen molar-refractivity contribution in [3.8, 4) is 0 Å². The van der Waals surface area contributed by atoms with Crippen LogP contribution in [0.25, 0.3) is 10.8 Å². The van der Waals surface area contributed by atoms with Gasteiger partial charge in [0.25, 0.3) is 0 Å². The summed E-state index contributed by atoms with van der Waals surface area (Å²) in [5.41, 5.74) is 0.878. The largest absolute Gasteiger partial charge is 0.350 e. The second kappa shape index (κ2) is 5.83. The first kappa shape index (κ1) is 15.2. The Morgan fingerprint density at radius 3 is 2.52 bits per heavy atom. The minimum absolute atomic E-state index is 0.0930. The highest BCUT2D eigenvalue weighted by Crippen LogP contribution is 2.25. The average Bonchev–Trinajstić information content (AvgIpc) is 2.49. The molecule has 2 N–H and O–H groups in total. The molecule has 0 unspecified atom stereocenters. The number of pyridine rings is 1. The smallest absolute Gasteiger partial charge is 0.225 e. The summed E-state index contributed by atoms with van der Waals surface area (Å²) in [5, 5.41) is 8.84. The quantitative estimate of drug-likeness (QED) is 0.756. The summed E-state index contributed by atoms with van der Waals surface area (Å²) in [6.45, 7) is 8.22. The fraction of sp³-hybridized carbons (Fsp3) is 0.278. The van der Waals surface area contributed by atoms with Crippen LogP contribution in [0, 0.1) is 6.92 Å². The summed E-state index contributed by atoms with van der Waals surface area (Å²) in [7, 11) is 0. The zero-order chi connectivity index (χ0) is 16.4. The van der Waals surface area contributed by atoms with Crippen LogP contribution in [0.5, 0.6) is 0 Å². The summed E-state index contributed by atoms with van der Waals surface area (Å²) in [6.07, 6.45) is 3.62. The molecule has 2 heterocycles. The second-order valence-corrected chi connectivity index (χ2v) is 6.61. The number of aryl methyl sites for hydroxylation is 1. The fourth-order valence-electron chi connectivity index (χ4n) is 2.30. The number of fused-ring (bicyclic) bond motifs is 1. The monoisotopic (exact) mass is 307 g/mol. The molecule has 5 heteroatoms. The van der Waals surface area contributed by atoms with Crippen LogP contribution in [0.15, 0.2) is 42.7 Å². The fourth-order valence-corrected chi connectivity index (χ4v) is 2.30. The molecule has 0 spiro atoms. The van der Waals surface area contributed by atoms with E-state index >= 15 is 0 Å². The second-order valence-electron chi connectivity index (χ2n) is 6.61. The van der Waals surface area contributed by atoms with Gasteiger partial charge >= 0.3 is 0 Å². The van der Waals surface area contributed by atoms with Crippen LogP contribution in [-0.2, 0) is 0 Å². The Morgan fingerprint density at radius 2 is 1.74 bits per heavy atom. The van der Waals surface area contributed by atoms with Gasteiger partial charge in [0.05, 0.1) is 0 Å². The third-order valence-electron chi connectivity index (χ3n) is 3.37. The molecule has 0 saturated carbocycles. The molecule has 0 amide bonds. The van der Waals surface area contributed by atoms with Crippen LogP contribution in [0.3, 0.4) is 0 Å². The molecule has 0 fully saturated rings. The normalized spacial score (nSPS) is 11.5. The van der Waals surface area contributed by atoms with Gasteiger partial charge in [-0.05, 0) is 39.1 Å². The molecule has 0 aliphatic carbocycles. The zero-order valence-corrected chi connectivity index (χ0v) is 13.9. The number of hydrogen-bond acceptors (Lipinski definition) is 5. The minimum Gasteiger partial charge on any atom is -0.350 e. The van der Waals surface area contributed by atoms with Crippen molar-refractivity contribution in [3.05, 3.63) is 48.3 Å². The Hall–Kier alpha value is -2.69. The summed E-state index contributed by atoms with van der Waals surface area (Å²) >= 11 is 0. The lowest BCUT2D eigenvalue weighted by Gasteiger charge is -2.21. The van der Waals surface area contributed by atoms with E-state index in [1.807, 2.05) is 31.3 Å². The number of rotatable bonds is 3. The van der Waals surface area contributed by atoms with Gasteiger partial charge in [-0.3, -0.25) is 0 Å². The molecule has 3 aromatic rings. The van der Waals surface area contributed by atoms with Gasteiger partial charge in [-0.25, -0.2) is 9.97 Å². The maximum absolute atomic E-state index is 4.59. The summed E-state index contributed by atoms with van der Waals surface area (Å²) in [6, 6.07) is 10.2. The van der Waals surface area contributed by atoms with Gasteiger partial charge in [0.2, 0.25) is 5.95 Å². The van der Waals surface area contributed by atoms with Gasteiger partial charge in [0.1, 0.15) is 11.6 Å². The number of aromatic nitrogens is 3. The maximum Gasteiger partial charge on any atom is 0.225 e. The lowest BCUT2D eigenvalue weighted by atomic mass is 10.1. The van der Waals surface area contributed by atoms with E-state index in [0.29, 0.717) is 5.95 Å². The summed E-state index contributed by atoms with van der Waals surface area (Å²) in [4.78, 5) is 13.4. The Balaban J connectivity index is 1.97. The molecule has 0 radical (unpaired) electrons. The molecular weight excluding hydrogens is 286 g/mol. The van der Waals surface area contributed by atoms with E-state index in [2.05, 4.69) is 58.5 Å². The highest BCUT2D eigenvalue weighted by Gasteiger charge is 2.13. The van der Waals surface area contributed by atoms with Crippen molar-refractivity contribution < 1.29 is 0 Å². The third-order valence-corrected chi connectivity index (χ3v) is 3.37. The van der Waals surface area contributed by atoms with E-state index in [-0.39, 0.29) is 5.54 Å². The molecule has 118 valence electrons. The van der Waals surface area contributed by atoms with Crippen molar-refractivity contribution >= 4 is 28.4 Å². The van der Waals surface area contributed by atoms with Gasteiger partial charge in [0, 0.05) is 28.9 Å². The predicted molar refractivity (Wildman–Crippen MR) is 95.2 cm³/mol. The molecule has 0 saturated heterocycles. The van der Waals surface area contributed by atoms with Gasteiger partial charge in [-0.1, -0.05) is 24.3 Å². The molecule has 2 aromatic heterocycles. The van der Waals surface area contributed by atoms with E-state index in [9.17, 15) is 0 Å². The zero-order valence-electron chi connectivity index (χ0n) is 13.9. The summed E-state index contributed by atoms with van der Waals surface area (Å²) in [5.74, 6) is 2.16. The molecule has 1 aromatic carbocycles. The van der Waals surface area contributed by atoms with Crippen molar-refractivity contribution in [3.63, 3.8) is 0 Å². The van der Waals surface area contributed by atoms with Crippen molar-refractivity contribution in [2.45, 2.75) is 33.2 Å². The van der Waals surface area contributed by atoms with Crippen molar-refractivity contribution in [2.24, 2.45) is 0 Å². The molecule has 23 heavy (non-hydrogen) atoms. The van der Waals surface area contributed by atoms with Crippen LogP contribution >= 0.6 is 0 Å². The number of nitrogens with zero attached hydrogens (tertiary/aromatic N) is 3. The van der Waals surface area contributed by atoms with Crippen LogP contribution in [0.1, 0.15) is 26.3 Å². The van der Waals surface area contributed by atoms with E-state index in [0.717, 1.165) is 28.0 Å². The van der Waals surface area contributed by atoms with Crippen LogP contribution in [0.4, 0.5) is 17.6 Å². The number of benzene rings is 1. The number of anilines is 3. The minimum atomic E-state index is -0.0930. The van der Waals surface area contributed by atoms with Gasteiger partial charge < -0.3 is 10.6 Å². The van der Waals surface area contributed by atoms with Crippen LogP contribution < -0.4 is 10.6 Å². The topological polar surface area (TPSA) is 62.7 Å². The van der Waals surface area contributed by atoms with Gasteiger partial charge in [0.15, 0.2) is 0 Å². The highest BCUT2D eigenvalue weighted by atomic mass is 15.2. The first-order valence-electron chi connectivity index (χ1n) is 7.65. The lowest BCUT2D eigenvalue weighted by molar-refractivity contribution is 0.626. The van der Waals surface area contributed by atoms with Crippen molar-refractivity contribution in [1.82, 2.24) is 15.0 Å². The van der Waals surface area contributed by atoms with Crippen LogP contribution in [0.2, 0.25) is 0 Å². The Bertz CT molecular complexity index is 831. The Kier molecular flexibility index (Phi) is 3.86. The first-order chi connectivity index (χ1) is 10.9. The Morgan fingerprint density at radius 1 is 0.957 bits per heavy atom. The van der Waals surface area contributed by atoms with Crippen molar-refractivity contribution in [2.75, 3.05) is 10.6 Å². The molecule has 0 bridgehead atoms. The Labute approximate surface area is 136 Å². The highest BCUT2D eigenvalue weighted by molar-refractivity contribution is 5.93. The SMILES string of the molecule is Cc1cnc(NC(C)(C)C)nc1Nc1nccc2ccccc12. The van der Waals surface area contributed by atoms with E-state index in [1.165, 1.54) is 0 Å². The van der Waals surface area contributed by atoms with E-state index in [4.69, 9.17) is 0 Å². The van der Waals surface area contributed by atoms with E-state index < -0.39 is 0 Å². The third kappa shape index (κ3) is 3.56. The van der Waals surface area contributed by atoms with Gasteiger partial charge in [-0.2, -0.15) is 4.98 Å². The molecular formula is C18H21N5. The predicted octanol–water partition coefficient (Wildman–Crippen LogP) is 4.29. The van der Waals surface area contributed by atoms with Crippen LogP contribution in [-0.4, -0.2) is 20.5 Å². The lowest BCUT2D eigenvalue weighted by Crippen LogP contribution is -2.27. The molecule has 5 nitrogen and oxygen atoms in total. The first-order valence-corrected chi connectivity index (χ1v) is 7.65. The molecule has 0 aliphatic rings. The standard InChI is InChI=1S/C18H21N5/c1-12-11-20-17(23-18(2,3)4)22-15(12)21-16-14-8-6-5-7-13(14)9-10-19-16/h5-11H,1-4H3,(H2,19,20,21,22,23). The summed E-state index contributed by atoms with van der Waals surface area (Å²) < 4.78 is 0. The van der Waals surface area contributed by atoms with E-state index in [1.54, 1.807) is 6.20 Å². The average molecular weight is 307 g/mol. The number of hydrogen-bond donors (Lipinski definition) is 2. The van der Waals surface area contributed by atoms with Gasteiger partial charge in [-0.15, -0.1) is 0 Å². The molecule has 0 aliphatic heterocycles. The molecule has 0 atom stereocenters. The molecule has 3 rings (SSSR count). The van der Waals surface area contributed by atoms with Crippen molar-refractivity contribution in [1.29, 1.82) is 0 Å².